The summed E-state index contributed by atoms with van der Waals surface area (Å²) < 4.78 is 15.9. The van der Waals surface area contributed by atoms with Crippen molar-refractivity contribution in [1.29, 1.82) is 0 Å². The third-order valence-corrected chi connectivity index (χ3v) is 2.83. The summed E-state index contributed by atoms with van der Waals surface area (Å²) in [6, 6.07) is 0. The third-order valence-electron chi connectivity index (χ3n) is 2.83. The molecule has 0 radical (unpaired) electrons. The minimum absolute atomic E-state index is 0.109. The van der Waals surface area contributed by atoms with E-state index >= 15 is 0 Å². The average molecular weight is 287 g/mol. The van der Waals surface area contributed by atoms with E-state index in [1.165, 1.54) is 12.0 Å². The van der Waals surface area contributed by atoms with Gasteiger partial charge in [-0.3, -0.25) is 0 Å². The molecule has 0 aromatic heterocycles. The Morgan fingerprint density at radius 3 is 2.15 bits per heavy atom. The summed E-state index contributed by atoms with van der Waals surface area (Å²) in [5.74, 6) is -0.501. The number of amides is 1. The van der Waals surface area contributed by atoms with Gasteiger partial charge in [0.25, 0.3) is 0 Å². The van der Waals surface area contributed by atoms with Crippen molar-refractivity contribution in [2.45, 2.75) is 58.3 Å². The van der Waals surface area contributed by atoms with Crippen LogP contribution in [0.5, 0.6) is 0 Å². The summed E-state index contributed by atoms with van der Waals surface area (Å²) in [6.45, 7) is 11.1. The first kappa shape index (κ1) is 16.8. The van der Waals surface area contributed by atoms with Crippen LogP contribution in [0, 0.1) is 0 Å². The quantitative estimate of drug-likeness (QED) is 0.690. The highest BCUT2D eigenvalue weighted by Gasteiger charge is 2.49. The molecule has 1 saturated heterocycles. The van der Waals surface area contributed by atoms with Gasteiger partial charge in [-0.15, -0.1) is 0 Å². The SMILES string of the molecule is COC(=O)C1(C)CN(C(=O)OC(C)(C)C)CC(C)(C)O1. The van der Waals surface area contributed by atoms with Crippen LogP contribution in [-0.2, 0) is 19.0 Å². The zero-order valence-corrected chi connectivity index (χ0v) is 13.4. The lowest BCUT2D eigenvalue weighted by atomic mass is 9.97. The monoisotopic (exact) mass is 287 g/mol. The van der Waals surface area contributed by atoms with Gasteiger partial charge >= 0.3 is 12.1 Å². The van der Waals surface area contributed by atoms with E-state index < -0.39 is 28.9 Å². The molecule has 1 atom stereocenters. The van der Waals surface area contributed by atoms with E-state index in [4.69, 9.17) is 14.2 Å². The smallest absolute Gasteiger partial charge is 0.410 e. The Hall–Kier alpha value is -1.30. The standard InChI is InChI=1S/C14H25NO5/c1-12(2,3)19-11(17)15-8-13(4,5)20-14(6,9-15)10(16)18-7/h8-9H2,1-7H3. The van der Waals surface area contributed by atoms with Crippen molar-refractivity contribution in [2.24, 2.45) is 0 Å². The van der Waals surface area contributed by atoms with Crippen LogP contribution in [0.15, 0.2) is 0 Å². The van der Waals surface area contributed by atoms with Gasteiger partial charge in [-0.05, 0) is 41.5 Å². The molecule has 116 valence electrons. The van der Waals surface area contributed by atoms with E-state index in [2.05, 4.69) is 0 Å². The predicted molar refractivity (Wildman–Crippen MR) is 73.4 cm³/mol. The molecule has 0 spiro atoms. The van der Waals surface area contributed by atoms with E-state index in [0.29, 0.717) is 6.54 Å². The van der Waals surface area contributed by atoms with E-state index in [9.17, 15) is 9.59 Å². The van der Waals surface area contributed by atoms with Crippen molar-refractivity contribution < 1.29 is 23.8 Å². The Kier molecular flexibility index (Phi) is 4.39. The van der Waals surface area contributed by atoms with Crippen LogP contribution in [0.3, 0.4) is 0 Å². The maximum atomic E-state index is 12.2. The molecule has 0 N–H and O–H groups in total. The highest BCUT2D eigenvalue weighted by atomic mass is 16.6. The molecule has 0 bridgehead atoms. The Morgan fingerprint density at radius 2 is 1.70 bits per heavy atom. The number of morpholine rings is 1. The first-order valence-electron chi connectivity index (χ1n) is 6.65. The van der Waals surface area contributed by atoms with Crippen LogP contribution >= 0.6 is 0 Å². The number of carbonyl (C=O) groups excluding carboxylic acids is 2. The molecular formula is C14H25NO5. The van der Waals surface area contributed by atoms with Crippen molar-refractivity contribution >= 4 is 12.1 Å². The lowest BCUT2D eigenvalue weighted by molar-refractivity contribution is -0.209. The molecular weight excluding hydrogens is 262 g/mol. The van der Waals surface area contributed by atoms with Gasteiger partial charge in [-0.2, -0.15) is 0 Å². The molecule has 1 amide bonds. The Morgan fingerprint density at radius 1 is 1.15 bits per heavy atom. The van der Waals surface area contributed by atoms with E-state index in [1.54, 1.807) is 27.7 Å². The number of rotatable bonds is 1. The number of ether oxygens (including phenoxy) is 3. The van der Waals surface area contributed by atoms with E-state index in [-0.39, 0.29) is 6.54 Å². The van der Waals surface area contributed by atoms with Gasteiger partial charge in [-0.25, -0.2) is 9.59 Å². The second-order valence-electron chi connectivity index (χ2n) is 6.92. The fraction of sp³-hybridized carbons (Fsp3) is 0.857. The van der Waals surface area contributed by atoms with Crippen molar-refractivity contribution in [1.82, 2.24) is 4.90 Å². The lowest BCUT2D eigenvalue weighted by Crippen LogP contribution is -2.63. The normalized spacial score (nSPS) is 26.1. The molecule has 1 rings (SSSR count). The van der Waals surface area contributed by atoms with Crippen molar-refractivity contribution in [3.05, 3.63) is 0 Å². The number of nitrogens with zero attached hydrogens (tertiary/aromatic N) is 1. The first-order valence-corrected chi connectivity index (χ1v) is 6.65. The number of methoxy groups -OCH3 is 1. The molecule has 0 saturated carbocycles. The molecule has 0 aliphatic carbocycles. The number of hydrogen-bond donors (Lipinski definition) is 0. The summed E-state index contributed by atoms with van der Waals surface area (Å²) in [5.41, 5.74) is -2.42. The maximum Gasteiger partial charge on any atom is 0.410 e. The zero-order chi connectivity index (χ0) is 15.8. The number of carbonyl (C=O) groups is 2. The second kappa shape index (κ2) is 5.24. The maximum absolute atomic E-state index is 12.2. The van der Waals surface area contributed by atoms with Crippen LogP contribution in [0.1, 0.15) is 41.5 Å². The topological polar surface area (TPSA) is 65.1 Å². The van der Waals surface area contributed by atoms with Gasteiger partial charge in [0.15, 0.2) is 5.60 Å². The Labute approximate surface area is 120 Å². The highest BCUT2D eigenvalue weighted by Crippen LogP contribution is 2.30. The Bertz CT molecular complexity index is 399. The van der Waals surface area contributed by atoms with Crippen LogP contribution in [0.2, 0.25) is 0 Å². The van der Waals surface area contributed by atoms with Gasteiger partial charge in [-0.1, -0.05) is 0 Å². The van der Waals surface area contributed by atoms with Gasteiger partial charge in [0.1, 0.15) is 5.60 Å². The van der Waals surface area contributed by atoms with Gasteiger partial charge in [0.05, 0.1) is 25.8 Å². The first-order chi connectivity index (χ1) is 8.88. The average Bonchev–Trinajstić information content (AvgIpc) is 2.22. The molecule has 1 aliphatic rings. The third kappa shape index (κ3) is 4.10. The second-order valence-corrected chi connectivity index (χ2v) is 6.92. The molecule has 0 aromatic carbocycles. The molecule has 6 heteroatoms. The van der Waals surface area contributed by atoms with E-state index in [0.717, 1.165) is 0 Å². The van der Waals surface area contributed by atoms with Crippen molar-refractivity contribution in [3.63, 3.8) is 0 Å². The summed E-state index contributed by atoms with van der Waals surface area (Å²) in [5, 5.41) is 0. The zero-order valence-electron chi connectivity index (χ0n) is 13.4. The molecule has 1 aliphatic heterocycles. The van der Waals surface area contributed by atoms with Crippen molar-refractivity contribution in [2.75, 3.05) is 20.2 Å². The minimum Gasteiger partial charge on any atom is -0.467 e. The van der Waals surface area contributed by atoms with Gasteiger partial charge in [0, 0.05) is 0 Å². The molecule has 6 nitrogen and oxygen atoms in total. The van der Waals surface area contributed by atoms with Gasteiger partial charge in [0.2, 0.25) is 0 Å². The number of esters is 1. The summed E-state index contributed by atoms with van der Waals surface area (Å²) >= 11 is 0. The van der Waals surface area contributed by atoms with Crippen LogP contribution in [0.4, 0.5) is 4.79 Å². The fourth-order valence-corrected chi connectivity index (χ4v) is 2.33. The van der Waals surface area contributed by atoms with Crippen LogP contribution < -0.4 is 0 Å². The summed E-state index contributed by atoms with van der Waals surface area (Å²) in [6.07, 6.45) is -0.455. The fourth-order valence-electron chi connectivity index (χ4n) is 2.33. The molecule has 1 fully saturated rings. The van der Waals surface area contributed by atoms with Crippen LogP contribution in [-0.4, -0.2) is 54.0 Å². The van der Waals surface area contributed by atoms with Gasteiger partial charge < -0.3 is 19.1 Å². The summed E-state index contributed by atoms with van der Waals surface area (Å²) in [7, 11) is 1.30. The number of hydrogen-bond acceptors (Lipinski definition) is 5. The molecule has 1 heterocycles. The van der Waals surface area contributed by atoms with Crippen molar-refractivity contribution in [3.8, 4) is 0 Å². The summed E-state index contributed by atoms with van der Waals surface area (Å²) in [4.78, 5) is 25.6. The Balaban J connectivity index is 2.93. The molecule has 1 unspecified atom stereocenters. The predicted octanol–water partition coefficient (Wildman–Crippen LogP) is 1.96. The lowest BCUT2D eigenvalue weighted by Gasteiger charge is -2.46. The largest absolute Gasteiger partial charge is 0.467 e. The molecule has 0 aromatic rings. The molecule has 20 heavy (non-hydrogen) atoms. The van der Waals surface area contributed by atoms with Crippen LogP contribution in [0.25, 0.3) is 0 Å². The highest BCUT2D eigenvalue weighted by molar-refractivity contribution is 5.81. The van der Waals surface area contributed by atoms with E-state index in [1.807, 2.05) is 13.8 Å². The minimum atomic E-state index is -1.19.